The molecule has 0 aliphatic carbocycles. The molecule has 1 spiro atoms. The zero-order valence-electron chi connectivity index (χ0n) is 16.6. The molecule has 0 saturated carbocycles. The minimum absolute atomic E-state index is 0.219. The summed E-state index contributed by atoms with van der Waals surface area (Å²) < 4.78 is 12.0. The van der Waals surface area contributed by atoms with Crippen molar-refractivity contribution >= 4 is 11.6 Å². The van der Waals surface area contributed by atoms with Crippen LogP contribution in [-0.4, -0.2) is 40.2 Å². The van der Waals surface area contributed by atoms with Crippen LogP contribution in [0.25, 0.3) is 0 Å². The fraction of sp³-hybridized carbons (Fsp3) is 0.478. The van der Waals surface area contributed by atoms with Crippen molar-refractivity contribution < 1.29 is 24.8 Å². The summed E-state index contributed by atoms with van der Waals surface area (Å²) in [6.45, 7) is 3.81. The van der Waals surface area contributed by atoms with Crippen LogP contribution >= 0.6 is 11.6 Å². The third kappa shape index (κ3) is 3.50. The fourth-order valence-corrected chi connectivity index (χ4v) is 4.55. The number of fused-ring (bicyclic) bond motifs is 2. The summed E-state index contributed by atoms with van der Waals surface area (Å²) in [6.07, 6.45) is -1.36. The highest BCUT2D eigenvalue weighted by atomic mass is 35.5. The SMILES string of the molecule is CCc1ccc(Cc2cc3c(cc2Cl)CO[C@]32O[C@H](CO)[C@@H](C)[C@H](O)[C@H]2O)cc1. The number of aliphatic hydroxyl groups excluding tert-OH is 3. The van der Waals surface area contributed by atoms with Crippen molar-refractivity contribution in [1.29, 1.82) is 0 Å². The third-order valence-electron chi connectivity index (χ3n) is 6.26. The lowest BCUT2D eigenvalue weighted by molar-refractivity contribution is -0.360. The van der Waals surface area contributed by atoms with E-state index >= 15 is 0 Å². The van der Waals surface area contributed by atoms with Gasteiger partial charge in [0.25, 0.3) is 0 Å². The van der Waals surface area contributed by atoms with E-state index in [0.717, 1.165) is 23.1 Å². The first kappa shape index (κ1) is 20.8. The highest BCUT2D eigenvalue weighted by molar-refractivity contribution is 6.31. The molecule has 5 nitrogen and oxygen atoms in total. The summed E-state index contributed by atoms with van der Waals surface area (Å²) in [7, 11) is 0. The largest absolute Gasteiger partial charge is 0.394 e. The standard InChI is InChI=1S/C23H27ClO5/c1-3-14-4-6-15(7-5-14)8-16-9-18-17(10-19(16)24)12-28-23(18)22(27)21(26)13(2)20(11-25)29-23/h4-7,9-10,13,20-22,25-27H,3,8,11-12H2,1-2H3/t13-,20-,21+,22-,23+/m1/s1. The van der Waals surface area contributed by atoms with Gasteiger partial charge in [0.1, 0.15) is 6.10 Å². The van der Waals surface area contributed by atoms with Crippen molar-refractivity contribution in [2.24, 2.45) is 5.92 Å². The molecule has 0 aromatic heterocycles. The molecule has 4 rings (SSSR count). The second kappa shape index (κ2) is 7.99. The van der Waals surface area contributed by atoms with Crippen LogP contribution in [0.3, 0.4) is 0 Å². The zero-order valence-corrected chi connectivity index (χ0v) is 17.4. The number of halogens is 1. The molecule has 2 aromatic carbocycles. The molecular weight excluding hydrogens is 392 g/mol. The molecule has 156 valence electrons. The first-order valence-corrected chi connectivity index (χ1v) is 10.5. The van der Waals surface area contributed by atoms with E-state index in [0.29, 0.717) is 17.0 Å². The van der Waals surface area contributed by atoms with E-state index in [9.17, 15) is 15.3 Å². The Bertz CT molecular complexity index is 882. The molecule has 2 heterocycles. The Morgan fingerprint density at radius 2 is 1.83 bits per heavy atom. The summed E-state index contributed by atoms with van der Waals surface area (Å²) in [5, 5.41) is 31.7. The minimum Gasteiger partial charge on any atom is -0.394 e. The molecule has 0 bridgehead atoms. The highest BCUT2D eigenvalue weighted by Crippen LogP contribution is 2.48. The zero-order chi connectivity index (χ0) is 20.8. The summed E-state index contributed by atoms with van der Waals surface area (Å²) in [5.74, 6) is -1.92. The number of hydrogen-bond donors (Lipinski definition) is 3. The molecule has 3 N–H and O–H groups in total. The van der Waals surface area contributed by atoms with Crippen molar-refractivity contribution in [1.82, 2.24) is 0 Å². The smallest absolute Gasteiger partial charge is 0.225 e. The molecule has 5 atom stereocenters. The lowest BCUT2D eigenvalue weighted by atomic mass is 9.82. The number of aliphatic hydroxyl groups is 3. The van der Waals surface area contributed by atoms with Gasteiger partial charge in [0.05, 0.1) is 25.4 Å². The van der Waals surface area contributed by atoms with Crippen LogP contribution in [0.5, 0.6) is 0 Å². The van der Waals surface area contributed by atoms with E-state index < -0.39 is 30.0 Å². The van der Waals surface area contributed by atoms with E-state index in [1.54, 1.807) is 6.92 Å². The van der Waals surface area contributed by atoms with Crippen LogP contribution in [-0.2, 0) is 34.7 Å². The molecule has 2 aliphatic rings. The lowest BCUT2D eigenvalue weighted by Gasteiger charge is -2.47. The molecule has 2 aliphatic heterocycles. The average molecular weight is 419 g/mol. The highest BCUT2D eigenvalue weighted by Gasteiger charge is 2.57. The van der Waals surface area contributed by atoms with Crippen molar-refractivity contribution in [3.8, 4) is 0 Å². The van der Waals surface area contributed by atoms with Crippen LogP contribution < -0.4 is 0 Å². The molecule has 0 amide bonds. The Morgan fingerprint density at radius 3 is 2.48 bits per heavy atom. The number of aryl methyl sites for hydroxylation is 1. The second-order valence-electron chi connectivity index (χ2n) is 8.04. The van der Waals surface area contributed by atoms with Crippen LogP contribution in [0.15, 0.2) is 36.4 Å². The van der Waals surface area contributed by atoms with Crippen LogP contribution in [0.4, 0.5) is 0 Å². The quantitative estimate of drug-likeness (QED) is 0.711. The number of benzene rings is 2. The van der Waals surface area contributed by atoms with Gasteiger partial charge in [-0.25, -0.2) is 0 Å². The van der Waals surface area contributed by atoms with Crippen LogP contribution in [0.1, 0.15) is 41.7 Å². The maximum Gasteiger partial charge on any atom is 0.225 e. The van der Waals surface area contributed by atoms with Gasteiger partial charge >= 0.3 is 0 Å². The van der Waals surface area contributed by atoms with E-state index in [4.69, 9.17) is 21.1 Å². The average Bonchev–Trinajstić information content (AvgIpc) is 3.08. The van der Waals surface area contributed by atoms with Crippen molar-refractivity contribution in [3.05, 3.63) is 69.2 Å². The van der Waals surface area contributed by atoms with Gasteiger partial charge in [0.2, 0.25) is 5.79 Å². The monoisotopic (exact) mass is 418 g/mol. The van der Waals surface area contributed by atoms with E-state index in [2.05, 4.69) is 31.2 Å². The van der Waals surface area contributed by atoms with Crippen molar-refractivity contribution in [2.45, 2.75) is 57.4 Å². The van der Waals surface area contributed by atoms with Gasteiger partial charge in [0.15, 0.2) is 0 Å². The van der Waals surface area contributed by atoms with Gasteiger partial charge in [-0.15, -0.1) is 0 Å². The molecule has 0 unspecified atom stereocenters. The molecular formula is C23H27ClO5. The maximum atomic E-state index is 10.9. The van der Waals surface area contributed by atoms with E-state index in [1.807, 2.05) is 12.1 Å². The molecule has 0 radical (unpaired) electrons. The Kier molecular flexibility index (Phi) is 5.73. The number of rotatable bonds is 4. The minimum atomic E-state index is -1.50. The number of ether oxygens (including phenoxy) is 2. The van der Waals surface area contributed by atoms with Gasteiger partial charge in [-0.1, -0.05) is 49.7 Å². The van der Waals surface area contributed by atoms with E-state index in [1.165, 1.54) is 5.56 Å². The van der Waals surface area contributed by atoms with Gasteiger partial charge in [0, 0.05) is 16.5 Å². The predicted octanol–water partition coefficient (Wildman–Crippen LogP) is 2.93. The summed E-state index contributed by atoms with van der Waals surface area (Å²) in [5.41, 5.74) is 4.78. The van der Waals surface area contributed by atoms with Crippen LogP contribution in [0.2, 0.25) is 5.02 Å². The summed E-state index contributed by atoms with van der Waals surface area (Å²) in [4.78, 5) is 0. The number of hydrogen-bond acceptors (Lipinski definition) is 5. The summed E-state index contributed by atoms with van der Waals surface area (Å²) in [6, 6.07) is 12.1. The van der Waals surface area contributed by atoms with Crippen LogP contribution in [0, 0.1) is 5.92 Å². The van der Waals surface area contributed by atoms with Gasteiger partial charge in [-0.2, -0.15) is 0 Å². The Hall–Kier alpha value is -1.47. The first-order valence-electron chi connectivity index (χ1n) is 10.1. The Balaban J connectivity index is 1.71. The molecule has 1 fully saturated rings. The molecule has 1 saturated heterocycles. The molecule has 6 heteroatoms. The van der Waals surface area contributed by atoms with Crippen molar-refractivity contribution in [2.75, 3.05) is 6.61 Å². The third-order valence-corrected chi connectivity index (χ3v) is 6.61. The lowest BCUT2D eigenvalue weighted by Crippen LogP contribution is -2.60. The normalized spacial score (nSPS) is 31.2. The summed E-state index contributed by atoms with van der Waals surface area (Å²) >= 11 is 6.54. The van der Waals surface area contributed by atoms with Gasteiger partial charge < -0.3 is 24.8 Å². The second-order valence-corrected chi connectivity index (χ2v) is 8.44. The topological polar surface area (TPSA) is 79.2 Å². The predicted molar refractivity (Wildman–Crippen MR) is 110 cm³/mol. The maximum absolute atomic E-state index is 10.9. The Morgan fingerprint density at radius 1 is 1.14 bits per heavy atom. The first-order chi connectivity index (χ1) is 13.9. The van der Waals surface area contributed by atoms with Crippen molar-refractivity contribution in [3.63, 3.8) is 0 Å². The van der Waals surface area contributed by atoms with E-state index in [-0.39, 0.29) is 13.2 Å². The van der Waals surface area contributed by atoms with Gasteiger partial charge in [-0.3, -0.25) is 0 Å². The Labute approximate surface area is 175 Å². The fourth-order valence-electron chi connectivity index (χ4n) is 4.29. The molecule has 29 heavy (non-hydrogen) atoms. The molecule has 2 aromatic rings. The van der Waals surface area contributed by atoms with Gasteiger partial charge in [-0.05, 0) is 47.2 Å².